The Balaban J connectivity index is 1.70. The van der Waals surface area contributed by atoms with Crippen LogP contribution >= 0.6 is 0 Å². The molecule has 2 aromatic rings. The molecule has 6 nitrogen and oxygen atoms in total. The van der Waals surface area contributed by atoms with Gasteiger partial charge in [-0.15, -0.1) is 0 Å². The quantitative estimate of drug-likeness (QED) is 0.924. The standard InChI is InChI=1S/C15H21N5O/c1-12-17-14(16-11-13-4-3-9-21-13)10-15(18-12)20-7-5-19(2)6-8-20/h3-4,9-10H,5-8,11H2,1-2H3,(H,16,17,18). The minimum atomic E-state index is 0.631. The maximum Gasteiger partial charge on any atom is 0.134 e. The summed E-state index contributed by atoms with van der Waals surface area (Å²) in [7, 11) is 2.15. The molecular weight excluding hydrogens is 266 g/mol. The third kappa shape index (κ3) is 3.52. The second-order valence-electron chi connectivity index (χ2n) is 5.38. The Labute approximate surface area is 124 Å². The molecule has 6 heteroatoms. The molecule has 0 unspecified atom stereocenters. The van der Waals surface area contributed by atoms with E-state index >= 15 is 0 Å². The number of furan rings is 1. The van der Waals surface area contributed by atoms with E-state index in [1.807, 2.05) is 25.1 Å². The van der Waals surface area contributed by atoms with Crippen molar-refractivity contribution in [2.75, 3.05) is 43.4 Å². The van der Waals surface area contributed by atoms with Gasteiger partial charge in [0.15, 0.2) is 0 Å². The predicted octanol–water partition coefficient (Wildman–Crippen LogP) is 1.74. The summed E-state index contributed by atoms with van der Waals surface area (Å²) >= 11 is 0. The number of likely N-dealkylation sites (N-methyl/N-ethyl adjacent to an activating group) is 1. The van der Waals surface area contributed by atoms with Crippen LogP contribution in [0.5, 0.6) is 0 Å². The van der Waals surface area contributed by atoms with E-state index in [2.05, 4.69) is 32.1 Å². The number of rotatable bonds is 4. The molecule has 0 radical (unpaired) electrons. The first-order chi connectivity index (χ1) is 10.2. The van der Waals surface area contributed by atoms with Crippen LogP contribution in [-0.4, -0.2) is 48.1 Å². The van der Waals surface area contributed by atoms with Crippen LogP contribution < -0.4 is 10.2 Å². The van der Waals surface area contributed by atoms with Crippen LogP contribution in [0.1, 0.15) is 11.6 Å². The van der Waals surface area contributed by atoms with Gasteiger partial charge in [0.05, 0.1) is 12.8 Å². The molecule has 3 rings (SSSR count). The van der Waals surface area contributed by atoms with Crippen molar-refractivity contribution in [3.8, 4) is 0 Å². The molecule has 0 spiro atoms. The highest BCUT2D eigenvalue weighted by molar-refractivity contribution is 5.49. The van der Waals surface area contributed by atoms with Gasteiger partial charge < -0.3 is 19.5 Å². The number of aryl methyl sites for hydroxylation is 1. The summed E-state index contributed by atoms with van der Waals surface area (Å²) < 4.78 is 5.32. The third-order valence-corrected chi connectivity index (χ3v) is 3.68. The fourth-order valence-electron chi connectivity index (χ4n) is 2.43. The smallest absolute Gasteiger partial charge is 0.134 e. The summed E-state index contributed by atoms with van der Waals surface area (Å²) in [5.74, 6) is 3.52. The summed E-state index contributed by atoms with van der Waals surface area (Å²) in [6.45, 7) is 6.70. The lowest BCUT2D eigenvalue weighted by Gasteiger charge is -2.33. The molecular formula is C15H21N5O. The van der Waals surface area contributed by atoms with Crippen molar-refractivity contribution < 1.29 is 4.42 Å². The Hall–Kier alpha value is -2.08. The third-order valence-electron chi connectivity index (χ3n) is 3.68. The van der Waals surface area contributed by atoms with Gasteiger partial charge in [0.25, 0.3) is 0 Å². The van der Waals surface area contributed by atoms with Crippen molar-refractivity contribution in [1.82, 2.24) is 14.9 Å². The maximum absolute atomic E-state index is 5.32. The normalized spacial score (nSPS) is 16.2. The second-order valence-corrected chi connectivity index (χ2v) is 5.38. The summed E-state index contributed by atoms with van der Waals surface area (Å²) in [5, 5.41) is 3.29. The zero-order valence-corrected chi connectivity index (χ0v) is 12.5. The van der Waals surface area contributed by atoms with Gasteiger partial charge in [-0.05, 0) is 26.1 Å². The number of nitrogens with one attached hydrogen (secondary N) is 1. The van der Waals surface area contributed by atoms with E-state index < -0.39 is 0 Å². The van der Waals surface area contributed by atoms with E-state index in [4.69, 9.17) is 4.42 Å². The van der Waals surface area contributed by atoms with Gasteiger partial charge in [-0.3, -0.25) is 0 Å². The van der Waals surface area contributed by atoms with E-state index in [1.165, 1.54) is 0 Å². The Bertz CT molecular complexity index is 576. The fraction of sp³-hybridized carbons (Fsp3) is 0.467. The van der Waals surface area contributed by atoms with Crippen LogP contribution in [0.15, 0.2) is 28.9 Å². The lowest BCUT2D eigenvalue weighted by molar-refractivity contribution is 0.312. The van der Waals surface area contributed by atoms with Crippen molar-refractivity contribution in [2.24, 2.45) is 0 Å². The fourth-order valence-corrected chi connectivity index (χ4v) is 2.43. The minimum absolute atomic E-state index is 0.631. The van der Waals surface area contributed by atoms with Gasteiger partial charge in [0.1, 0.15) is 23.2 Å². The van der Waals surface area contributed by atoms with E-state index in [0.29, 0.717) is 6.54 Å². The lowest BCUT2D eigenvalue weighted by Crippen LogP contribution is -2.44. The van der Waals surface area contributed by atoms with Crippen molar-refractivity contribution >= 4 is 11.6 Å². The molecule has 1 saturated heterocycles. The van der Waals surface area contributed by atoms with Crippen LogP contribution in [0.4, 0.5) is 11.6 Å². The summed E-state index contributed by atoms with van der Waals surface area (Å²) in [5.41, 5.74) is 0. The highest BCUT2D eigenvalue weighted by Gasteiger charge is 2.16. The van der Waals surface area contributed by atoms with Gasteiger partial charge in [-0.2, -0.15) is 0 Å². The van der Waals surface area contributed by atoms with Gasteiger partial charge in [0, 0.05) is 32.2 Å². The average Bonchev–Trinajstić information content (AvgIpc) is 2.99. The molecule has 0 saturated carbocycles. The Kier molecular flexibility index (Phi) is 4.06. The molecule has 0 aliphatic carbocycles. The number of anilines is 2. The molecule has 112 valence electrons. The Morgan fingerprint density at radius 2 is 2.05 bits per heavy atom. The van der Waals surface area contributed by atoms with Gasteiger partial charge in [-0.1, -0.05) is 0 Å². The minimum Gasteiger partial charge on any atom is -0.467 e. The first kappa shape index (κ1) is 13.9. The second kappa shape index (κ2) is 6.13. The molecule has 0 aromatic carbocycles. The SMILES string of the molecule is Cc1nc(NCc2ccco2)cc(N2CCN(C)CC2)n1. The molecule has 1 aliphatic heterocycles. The Morgan fingerprint density at radius 1 is 1.24 bits per heavy atom. The molecule has 1 fully saturated rings. The highest BCUT2D eigenvalue weighted by atomic mass is 16.3. The van der Waals surface area contributed by atoms with Crippen molar-refractivity contribution in [3.05, 3.63) is 36.0 Å². The van der Waals surface area contributed by atoms with E-state index in [0.717, 1.165) is 49.4 Å². The van der Waals surface area contributed by atoms with Crippen molar-refractivity contribution in [2.45, 2.75) is 13.5 Å². The van der Waals surface area contributed by atoms with Gasteiger partial charge in [0.2, 0.25) is 0 Å². The number of nitrogens with zero attached hydrogens (tertiary/aromatic N) is 4. The van der Waals surface area contributed by atoms with Crippen molar-refractivity contribution in [3.63, 3.8) is 0 Å². The number of hydrogen-bond donors (Lipinski definition) is 1. The topological polar surface area (TPSA) is 57.4 Å². The summed E-state index contributed by atoms with van der Waals surface area (Å²) in [6, 6.07) is 5.85. The van der Waals surface area contributed by atoms with E-state index in [9.17, 15) is 0 Å². The summed E-state index contributed by atoms with van der Waals surface area (Å²) in [4.78, 5) is 13.6. The molecule has 2 aromatic heterocycles. The predicted molar refractivity (Wildman–Crippen MR) is 82.5 cm³/mol. The van der Waals surface area contributed by atoms with Crippen molar-refractivity contribution in [1.29, 1.82) is 0 Å². The van der Waals surface area contributed by atoms with Crippen LogP contribution in [0.2, 0.25) is 0 Å². The average molecular weight is 287 g/mol. The number of piperazine rings is 1. The largest absolute Gasteiger partial charge is 0.467 e. The zero-order chi connectivity index (χ0) is 14.7. The lowest BCUT2D eigenvalue weighted by atomic mass is 10.3. The van der Waals surface area contributed by atoms with Crippen LogP contribution in [0.3, 0.4) is 0 Å². The maximum atomic E-state index is 5.32. The first-order valence-corrected chi connectivity index (χ1v) is 7.26. The molecule has 0 atom stereocenters. The molecule has 3 heterocycles. The van der Waals surface area contributed by atoms with Crippen LogP contribution in [0, 0.1) is 6.92 Å². The molecule has 0 amide bonds. The molecule has 1 aliphatic rings. The van der Waals surface area contributed by atoms with Crippen LogP contribution in [0.25, 0.3) is 0 Å². The molecule has 1 N–H and O–H groups in total. The highest BCUT2D eigenvalue weighted by Crippen LogP contribution is 2.18. The first-order valence-electron chi connectivity index (χ1n) is 7.26. The summed E-state index contributed by atoms with van der Waals surface area (Å²) in [6.07, 6.45) is 1.68. The molecule has 0 bridgehead atoms. The van der Waals surface area contributed by atoms with E-state index in [-0.39, 0.29) is 0 Å². The number of aromatic nitrogens is 2. The van der Waals surface area contributed by atoms with Gasteiger partial charge >= 0.3 is 0 Å². The molecule has 21 heavy (non-hydrogen) atoms. The van der Waals surface area contributed by atoms with E-state index in [1.54, 1.807) is 6.26 Å². The van der Waals surface area contributed by atoms with Crippen LogP contribution in [-0.2, 0) is 6.54 Å². The zero-order valence-electron chi connectivity index (χ0n) is 12.5. The Morgan fingerprint density at radius 3 is 2.76 bits per heavy atom. The number of hydrogen-bond acceptors (Lipinski definition) is 6. The monoisotopic (exact) mass is 287 g/mol. The van der Waals surface area contributed by atoms with Gasteiger partial charge in [-0.25, -0.2) is 9.97 Å².